The molecule has 6 nitrogen and oxygen atoms in total. The molecule has 3 rings (SSSR count). The number of aromatic nitrogens is 2. The Hall–Kier alpha value is -1.92. The van der Waals surface area contributed by atoms with Crippen LogP contribution in [0.5, 0.6) is 0 Å². The maximum Gasteiger partial charge on any atom is 0.239 e. The Kier molecular flexibility index (Phi) is 4.93. The second-order valence-electron chi connectivity index (χ2n) is 6.19. The number of fused-ring (bicyclic) bond motifs is 1. The molecule has 1 unspecified atom stereocenters. The quantitative estimate of drug-likeness (QED) is 0.897. The molecule has 0 spiro atoms. The van der Waals surface area contributed by atoms with Gasteiger partial charge in [-0.3, -0.25) is 9.69 Å². The van der Waals surface area contributed by atoms with Gasteiger partial charge in [-0.05, 0) is 18.6 Å². The summed E-state index contributed by atoms with van der Waals surface area (Å²) in [6.07, 6.45) is 5.79. The van der Waals surface area contributed by atoms with E-state index in [0.717, 1.165) is 56.9 Å². The predicted molar refractivity (Wildman–Crippen MR) is 89.9 cm³/mol. The van der Waals surface area contributed by atoms with Crippen molar-refractivity contribution in [2.45, 2.75) is 32.4 Å². The molecule has 1 aliphatic rings. The third-order valence-corrected chi connectivity index (χ3v) is 4.40. The van der Waals surface area contributed by atoms with Crippen LogP contribution in [0.15, 0.2) is 30.6 Å². The number of carbonyl (C=O) groups excluding carboxylic acids is 1. The summed E-state index contributed by atoms with van der Waals surface area (Å²) in [5.74, 6) is 0.0965. The van der Waals surface area contributed by atoms with E-state index in [-0.39, 0.29) is 11.9 Å². The molecule has 1 saturated heterocycles. The Morgan fingerprint density at radius 2 is 2.09 bits per heavy atom. The van der Waals surface area contributed by atoms with Crippen LogP contribution in [0, 0.1) is 0 Å². The van der Waals surface area contributed by atoms with Gasteiger partial charge < -0.3 is 15.0 Å². The van der Waals surface area contributed by atoms with E-state index in [2.05, 4.69) is 23.0 Å². The highest BCUT2D eigenvalue weighted by Gasteiger charge is 2.25. The molecule has 1 amide bonds. The number of nitrogens with two attached hydrogens (primary N) is 1. The molecule has 1 fully saturated rings. The van der Waals surface area contributed by atoms with Crippen molar-refractivity contribution < 1.29 is 4.79 Å². The molecular weight excluding hydrogens is 290 g/mol. The summed E-state index contributed by atoms with van der Waals surface area (Å²) in [4.78, 5) is 21.1. The molecule has 0 saturated carbocycles. The molecule has 2 aromatic rings. The van der Waals surface area contributed by atoms with Gasteiger partial charge in [0.25, 0.3) is 0 Å². The molecule has 6 heteroatoms. The lowest BCUT2D eigenvalue weighted by Gasteiger charge is -2.35. The predicted octanol–water partition coefficient (Wildman–Crippen LogP) is 1.11. The van der Waals surface area contributed by atoms with Crippen LogP contribution in [-0.4, -0.2) is 57.3 Å². The highest BCUT2D eigenvalue weighted by atomic mass is 16.2. The van der Waals surface area contributed by atoms with Crippen LogP contribution in [0.1, 0.15) is 25.5 Å². The number of piperazine rings is 1. The molecule has 0 aromatic carbocycles. The van der Waals surface area contributed by atoms with Crippen molar-refractivity contribution in [3.8, 4) is 0 Å². The molecule has 2 N–H and O–H groups in total. The number of hydrogen-bond donors (Lipinski definition) is 1. The molecular formula is C17H25N5O. The first-order valence-corrected chi connectivity index (χ1v) is 8.36. The number of imidazole rings is 1. The van der Waals surface area contributed by atoms with Gasteiger partial charge in [0.05, 0.1) is 11.7 Å². The Bertz CT molecular complexity index is 627. The fourth-order valence-electron chi connectivity index (χ4n) is 3.09. The first kappa shape index (κ1) is 16.0. The minimum Gasteiger partial charge on any atom is -0.339 e. The van der Waals surface area contributed by atoms with Gasteiger partial charge in [-0.2, -0.15) is 0 Å². The molecule has 0 bridgehead atoms. The first-order valence-electron chi connectivity index (χ1n) is 8.36. The van der Waals surface area contributed by atoms with Crippen molar-refractivity contribution >= 4 is 11.6 Å². The minimum atomic E-state index is -0.343. The van der Waals surface area contributed by atoms with Gasteiger partial charge in [0.15, 0.2) is 0 Å². The average Bonchev–Trinajstić information content (AvgIpc) is 2.97. The molecule has 3 heterocycles. The summed E-state index contributed by atoms with van der Waals surface area (Å²) in [5.41, 5.74) is 7.98. The number of amides is 1. The lowest BCUT2D eigenvalue weighted by Crippen LogP contribution is -2.52. The van der Waals surface area contributed by atoms with Crippen LogP contribution in [0.4, 0.5) is 0 Å². The van der Waals surface area contributed by atoms with Crippen molar-refractivity contribution in [2.75, 3.05) is 26.2 Å². The largest absolute Gasteiger partial charge is 0.339 e. The fraction of sp³-hybridized carbons (Fsp3) is 0.529. The van der Waals surface area contributed by atoms with E-state index in [0.29, 0.717) is 0 Å². The second-order valence-corrected chi connectivity index (χ2v) is 6.19. The van der Waals surface area contributed by atoms with Crippen molar-refractivity contribution in [3.63, 3.8) is 0 Å². The van der Waals surface area contributed by atoms with Crippen LogP contribution in [0.3, 0.4) is 0 Å². The SMILES string of the molecule is CCCC(N)C(=O)N1CCN(Cc2cn3ccccc3n2)CC1. The zero-order valence-electron chi connectivity index (χ0n) is 13.7. The normalized spacial score (nSPS) is 17.6. The zero-order valence-corrected chi connectivity index (χ0v) is 13.7. The van der Waals surface area contributed by atoms with Crippen molar-refractivity contribution in [2.24, 2.45) is 5.73 Å². The van der Waals surface area contributed by atoms with Crippen LogP contribution in [-0.2, 0) is 11.3 Å². The summed E-state index contributed by atoms with van der Waals surface area (Å²) in [5, 5.41) is 0. The third kappa shape index (κ3) is 3.71. The van der Waals surface area contributed by atoms with Gasteiger partial charge in [-0.1, -0.05) is 19.4 Å². The van der Waals surface area contributed by atoms with Crippen LogP contribution < -0.4 is 5.73 Å². The summed E-state index contributed by atoms with van der Waals surface area (Å²) >= 11 is 0. The number of nitrogens with zero attached hydrogens (tertiary/aromatic N) is 4. The number of carbonyl (C=O) groups is 1. The Labute approximate surface area is 136 Å². The van der Waals surface area contributed by atoms with Crippen LogP contribution in [0.2, 0.25) is 0 Å². The zero-order chi connectivity index (χ0) is 16.2. The second kappa shape index (κ2) is 7.10. The monoisotopic (exact) mass is 315 g/mol. The van der Waals surface area contributed by atoms with E-state index in [1.165, 1.54) is 0 Å². The lowest BCUT2D eigenvalue weighted by molar-refractivity contribution is -0.134. The molecule has 2 aromatic heterocycles. The third-order valence-electron chi connectivity index (χ3n) is 4.40. The highest BCUT2D eigenvalue weighted by molar-refractivity contribution is 5.81. The molecule has 1 aliphatic heterocycles. The van der Waals surface area contributed by atoms with E-state index < -0.39 is 0 Å². The van der Waals surface area contributed by atoms with Crippen molar-refractivity contribution in [1.82, 2.24) is 19.2 Å². The molecule has 0 radical (unpaired) electrons. The topological polar surface area (TPSA) is 66.9 Å². The number of pyridine rings is 1. The fourth-order valence-corrected chi connectivity index (χ4v) is 3.09. The number of rotatable bonds is 5. The van der Waals surface area contributed by atoms with E-state index in [1.807, 2.05) is 33.7 Å². The Balaban J connectivity index is 1.53. The lowest BCUT2D eigenvalue weighted by atomic mass is 10.1. The Morgan fingerprint density at radius 1 is 1.30 bits per heavy atom. The van der Waals surface area contributed by atoms with E-state index in [4.69, 9.17) is 5.73 Å². The number of hydrogen-bond acceptors (Lipinski definition) is 4. The maximum atomic E-state index is 12.2. The first-order chi connectivity index (χ1) is 11.2. The standard InChI is InChI=1S/C17H25N5O/c1-2-5-15(18)17(23)21-10-8-20(9-11-21)12-14-13-22-7-4-3-6-16(22)19-14/h3-4,6-7,13,15H,2,5,8-12,18H2,1H3. The van der Waals surface area contributed by atoms with Gasteiger partial charge in [0.2, 0.25) is 5.91 Å². The van der Waals surface area contributed by atoms with Crippen LogP contribution >= 0.6 is 0 Å². The summed E-state index contributed by atoms with van der Waals surface area (Å²) < 4.78 is 2.04. The van der Waals surface area contributed by atoms with Crippen molar-refractivity contribution in [3.05, 3.63) is 36.3 Å². The van der Waals surface area contributed by atoms with Gasteiger partial charge in [0, 0.05) is 45.1 Å². The van der Waals surface area contributed by atoms with Gasteiger partial charge in [0.1, 0.15) is 5.65 Å². The maximum absolute atomic E-state index is 12.2. The summed E-state index contributed by atoms with van der Waals surface area (Å²) in [6.45, 7) is 6.13. The van der Waals surface area contributed by atoms with E-state index in [9.17, 15) is 4.79 Å². The van der Waals surface area contributed by atoms with Gasteiger partial charge in [-0.25, -0.2) is 4.98 Å². The molecule has 0 aliphatic carbocycles. The smallest absolute Gasteiger partial charge is 0.239 e. The average molecular weight is 315 g/mol. The Morgan fingerprint density at radius 3 is 2.78 bits per heavy atom. The van der Waals surface area contributed by atoms with E-state index in [1.54, 1.807) is 0 Å². The van der Waals surface area contributed by atoms with E-state index >= 15 is 0 Å². The molecule has 124 valence electrons. The van der Waals surface area contributed by atoms with Gasteiger partial charge >= 0.3 is 0 Å². The molecule has 1 atom stereocenters. The minimum absolute atomic E-state index is 0.0965. The van der Waals surface area contributed by atoms with Gasteiger partial charge in [-0.15, -0.1) is 0 Å². The van der Waals surface area contributed by atoms with Crippen molar-refractivity contribution in [1.29, 1.82) is 0 Å². The van der Waals surface area contributed by atoms with Crippen LogP contribution in [0.25, 0.3) is 5.65 Å². The molecule has 23 heavy (non-hydrogen) atoms. The summed E-state index contributed by atoms with van der Waals surface area (Å²) in [6, 6.07) is 5.66. The highest BCUT2D eigenvalue weighted by Crippen LogP contribution is 2.11. The summed E-state index contributed by atoms with van der Waals surface area (Å²) in [7, 11) is 0.